The monoisotopic (exact) mass is 292 g/mol. The molecule has 2 nitrogen and oxygen atoms in total. The van der Waals surface area contributed by atoms with Gasteiger partial charge in [0.05, 0.1) is 13.2 Å². The second-order valence-corrected chi connectivity index (χ2v) is 5.58. The van der Waals surface area contributed by atoms with Crippen LogP contribution in [0, 0.1) is 5.92 Å². The number of halogens is 1. The molecule has 108 valence electrons. The molecule has 0 saturated carbocycles. The zero-order valence-corrected chi connectivity index (χ0v) is 12.8. The van der Waals surface area contributed by atoms with Gasteiger partial charge in [0, 0.05) is 16.7 Å². The molecule has 0 aromatic heterocycles. The van der Waals surface area contributed by atoms with Crippen molar-refractivity contribution in [3.63, 3.8) is 0 Å². The number of benzene rings is 2. The molecule has 0 unspecified atom stereocenters. The minimum atomic E-state index is 0.508. The van der Waals surface area contributed by atoms with Crippen molar-refractivity contribution in [2.45, 2.75) is 20.3 Å². The highest BCUT2D eigenvalue weighted by atomic mass is 35.5. The summed E-state index contributed by atoms with van der Waals surface area (Å²) in [6.07, 6.45) is 0.849. The molecule has 0 amide bonds. The summed E-state index contributed by atoms with van der Waals surface area (Å²) in [7, 11) is 0. The second-order valence-electron chi connectivity index (χ2n) is 5.20. The molecule has 0 saturated heterocycles. The molecule has 0 N–H and O–H groups in total. The van der Waals surface area contributed by atoms with Crippen LogP contribution in [0.5, 0.6) is 11.5 Å². The highest BCUT2D eigenvalue weighted by Crippen LogP contribution is 2.33. The summed E-state index contributed by atoms with van der Waals surface area (Å²) in [5.74, 6) is 2.93. The van der Waals surface area contributed by atoms with Crippen molar-refractivity contribution in [3.8, 4) is 11.5 Å². The van der Waals surface area contributed by atoms with Crippen LogP contribution < -0.4 is 9.47 Å². The zero-order valence-electron chi connectivity index (χ0n) is 12.1. The van der Waals surface area contributed by atoms with Crippen LogP contribution in [0.3, 0.4) is 0 Å². The van der Waals surface area contributed by atoms with Crippen molar-refractivity contribution >= 4 is 22.4 Å². The van der Waals surface area contributed by atoms with E-state index in [9.17, 15) is 0 Å². The molecule has 0 atom stereocenters. The first-order valence-corrected chi connectivity index (χ1v) is 7.59. The summed E-state index contributed by atoms with van der Waals surface area (Å²) in [4.78, 5) is 0. The van der Waals surface area contributed by atoms with Gasteiger partial charge in [0.25, 0.3) is 0 Å². The number of ether oxygens (including phenoxy) is 2. The van der Waals surface area contributed by atoms with E-state index in [1.807, 2.05) is 24.3 Å². The molecule has 0 bridgehead atoms. The Hall–Kier alpha value is -1.41. The first-order chi connectivity index (χ1) is 9.72. The molecule has 0 spiro atoms. The second kappa shape index (κ2) is 7.39. The summed E-state index contributed by atoms with van der Waals surface area (Å²) in [6, 6.07) is 12.1. The van der Waals surface area contributed by atoms with E-state index in [0.717, 1.165) is 35.3 Å². The van der Waals surface area contributed by atoms with E-state index in [2.05, 4.69) is 26.0 Å². The molecule has 2 aromatic rings. The average molecular weight is 293 g/mol. The fourth-order valence-electron chi connectivity index (χ4n) is 1.99. The van der Waals surface area contributed by atoms with E-state index in [4.69, 9.17) is 21.1 Å². The molecule has 2 rings (SSSR count). The van der Waals surface area contributed by atoms with Gasteiger partial charge >= 0.3 is 0 Å². The maximum atomic E-state index is 5.88. The predicted molar refractivity (Wildman–Crippen MR) is 85.1 cm³/mol. The Labute approximate surface area is 125 Å². The maximum absolute atomic E-state index is 5.88. The Kier molecular flexibility index (Phi) is 5.54. The quantitative estimate of drug-likeness (QED) is 0.535. The minimum Gasteiger partial charge on any atom is -0.493 e. The Bertz CT molecular complexity index is 552. The van der Waals surface area contributed by atoms with Gasteiger partial charge in [-0.2, -0.15) is 0 Å². The topological polar surface area (TPSA) is 18.5 Å². The highest BCUT2D eigenvalue weighted by molar-refractivity contribution is 6.17. The zero-order chi connectivity index (χ0) is 14.4. The molecule has 0 radical (unpaired) electrons. The molecule has 0 aliphatic rings. The normalized spacial score (nSPS) is 11.0. The van der Waals surface area contributed by atoms with Crippen molar-refractivity contribution in [3.05, 3.63) is 36.4 Å². The van der Waals surface area contributed by atoms with Crippen LogP contribution in [-0.2, 0) is 0 Å². The van der Waals surface area contributed by atoms with Gasteiger partial charge in [-0.05, 0) is 24.5 Å². The van der Waals surface area contributed by atoms with Crippen molar-refractivity contribution in [2.24, 2.45) is 5.92 Å². The van der Waals surface area contributed by atoms with Crippen LogP contribution in [0.2, 0.25) is 0 Å². The third-order valence-electron chi connectivity index (χ3n) is 2.95. The molecule has 0 fully saturated rings. The van der Waals surface area contributed by atoms with E-state index in [1.165, 1.54) is 0 Å². The minimum absolute atomic E-state index is 0.508. The Morgan fingerprint density at radius 1 is 0.950 bits per heavy atom. The van der Waals surface area contributed by atoms with E-state index in [1.54, 1.807) is 0 Å². The molecule has 0 aliphatic carbocycles. The van der Waals surface area contributed by atoms with Crippen LogP contribution >= 0.6 is 11.6 Å². The van der Waals surface area contributed by atoms with Crippen LogP contribution in [-0.4, -0.2) is 19.1 Å². The number of alkyl halides is 1. The lowest BCUT2D eigenvalue weighted by molar-refractivity contribution is 0.273. The standard InChI is InChI=1S/C17H21ClO2/c1-13(2)12-20-17-9-8-16(19-11-5-10-18)14-6-3-4-7-15(14)17/h3-4,6-9,13H,5,10-12H2,1-2H3. The molecule has 0 aliphatic heterocycles. The lowest BCUT2D eigenvalue weighted by Gasteiger charge is -2.14. The van der Waals surface area contributed by atoms with Gasteiger partial charge in [0.15, 0.2) is 0 Å². The number of fused-ring (bicyclic) bond motifs is 1. The predicted octanol–water partition coefficient (Wildman–Crippen LogP) is 4.88. The van der Waals surface area contributed by atoms with E-state index < -0.39 is 0 Å². The summed E-state index contributed by atoms with van der Waals surface area (Å²) < 4.78 is 11.7. The van der Waals surface area contributed by atoms with Gasteiger partial charge < -0.3 is 9.47 Å². The lowest BCUT2D eigenvalue weighted by Crippen LogP contribution is -2.05. The van der Waals surface area contributed by atoms with Crippen LogP contribution in [0.25, 0.3) is 10.8 Å². The average Bonchev–Trinajstić information content (AvgIpc) is 2.46. The molecule has 2 aromatic carbocycles. The Balaban J connectivity index is 2.26. The van der Waals surface area contributed by atoms with Crippen LogP contribution in [0.1, 0.15) is 20.3 Å². The fraction of sp³-hybridized carbons (Fsp3) is 0.412. The van der Waals surface area contributed by atoms with E-state index in [-0.39, 0.29) is 0 Å². The van der Waals surface area contributed by atoms with Gasteiger partial charge in [-0.3, -0.25) is 0 Å². The van der Waals surface area contributed by atoms with Gasteiger partial charge in [0.2, 0.25) is 0 Å². The first kappa shape index (κ1) is 15.0. The van der Waals surface area contributed by atoms with E-state index in [0.29, 0.717) is 18.4 Å². The first-order valence-electron chi connectivity index (χ1n) is 7.05. The molecular weight excluding hydrogens is 272 g/mol. The van der Waals surface area contributed by atoms with Crippen molar-refractivity contribution < 1.29 is 9.47 Å². The Morgan fingerprint density at radius 3 is 2.10 bits per heavy atom. The molecular formula is C17H21ClO2. The highest BCUT2D eigenvalue weighted by Gasteiger charge is 2.08. The van der Waals surface area contributed by atoms with E-state index >= 15 is 0 Å². The van der Waals surface area contributed by atoms with Gasteiger partial charge in [0.1, 0.15) is 11.5 Å². The Morgan fingerprint density at radius 2 is 1.55 bits per heavy atom. The van der Waals surface area contributed by atoms with Crippen LogP contribution in [0.4, 0.5) is 0 Å². The molecule has 3 heteroatoms. The number of rotatable bonds is 7. The van der Waals surface area contributed by atoms with Crippen molar-refractivity contribution in [1.82, 2.24) is 0 Å². The van der Waals surface area contributed by atoms with Crippen molar-refractivity contribution in [2.75, 3.05) is 19.1 Å². The summed E-state index contributed by atoms with van der Waals surface area (Å²) in [5, 5.41) is 2.18. The van der Waals surface area contributed by atoms with Crippen molar-refractivity contribution in [1.29, 1.82) is 0 Å². The summed E-state index contributed by atoms with van der Waals surface area (Å²) in [5.41, 5.74) is 0. The lowest BCUT2D eigenvalue weighted by atomic mass is 10.1. The number of hydrogen-bond donors (Lipinski definition) is 0. The largest absolute Gasteiger partial charge is 0.493 e. The van der Waals surface area contributed by atoms with Gasteiger partial charge in [-0.25, -0.2) is 0 Å². The maximum Gasteiger partial charge on any atom is 0.127 e. The third kappa shape index (κ3) is 3.80. The fourth-order valence-corrected chi connectivity index (χ4v) is 2.10. The van der Waals surface area contributed by atoms with Gasteiger partial charge in [-0.15, -0.1) is 11.6 Å². The number of hydrogen-bond acceptors (Lipinski definition) is 2. The molecule has 20 heavy (non-hydrogen) atoms. The summed E-state index contributed by atoms with van der Waals surface area (Å²) >= 11 is 5.68. The van der Waals surface area contributed by atoms with Crippen LogP contribution in [0.15, 0.2) is 36.4 Å². The SMILES string of the molecule is CC(C)COc1ccc(OCCCCl)c2ccccc12. The summed E-state index contributed by atoms with van der Waals surface area (Å²) in [6.45, 7) is 5.65. The molecule has 0 heterocycles. The third-order valence-corrected chi connectivity index (χ3v) is 3.22. The smallest absolute Gasteiger partial charge is 0.127 e. The van der Waals surface area contributed by atoms with Gasteiger partial charge in [-0.1, -0.05) is 38.1 Å².